The predicted octanol–water partition coefficient (Wildman–Crippen LogP) is 1.21. The van der Waals surface area contributed by atoms with E-state index in [0.717, 1.165) is 18.9 Å². The number of ether oxygens (including phenoxy) is 1. The molecule has 130 valence electrons. The Labute approximate surface area is 136 Å². The minimum atomic E-state index is -1.75. The van der Waals surface area contributed by atoms with Gasteiger partial charge >= 0.3 is 5.69 Å². The van der Waals surface area contributed by atoms with Crippen molar-refractivity contribution in [2.24, 2.45) is 0 Å². The molecule has 2 heterocycles. The fourth-order valence-corrected chi connectivity index (χ4v) is 4.64. The van der Waals surface area contributed by atoms with Crippen LogP contribution in [0.4, 0.5) is 0 Å². The Hall–Kier alpha value is -1.22. The molecule has 1 fully saturated rings. The second-order valence-corrected chi connectivity index (χ2v) is 10.9. The summed E-state index contributed by atoms with van der Waals surface area (Å²) in [6.45, 7) is 6.81. The van der Waals surface area contributed by atoms with E-state index in [1.165, 1.54) is 16.8 Å². The molecule has 0 bridgehead atoms. The van der Waals surface area contributed by atoms with Crippen LogP contribution in [0.5, 0.6) is 0 Å². The number of nitrogens with zero attached hydrogens (tertiary/aromatic N) is 1. The molecule has 1 aliphatic rings. The zero-order valence-corrected chi connectivity index (χ0v) is 14.9. The van der Waals surface area contributed by atoms with Crippen molar-refractivity contribution >= 4 is 8.32 Å². The van der Waals surface area contributed by atoms with Crippen molar-refractivity contribution in [1.29, 1.82) is 0 Å². The minimum absolute atomic E-state index is 0.303. The minimum Gasteiger partial charge on any atom is -0.415 e. The Morgan fingerprint density at radius 2 is 2.22 bits per heavy atom. The highest BCUT2D eigenvalue weighted by molar-refractivity contribution is 6.71. The summed E-state index contributed by atoms with van der Waals surface area (Å²) in [5.41, 5.74) is -0.984. The molecular formula is C15H26N2O5Si. The third-order valence-corrected chi connectivity index (χ3v) is 6.64. The topological polar surface area (TPSA) is 93.5 Å². The van der Waals surface area contributed by atoms with E-state index in [1.54, 1.807) is 0 Å². The van der Waals surface area contributed by atoms with E-state index in [4.69, 9.17) is 9.16 Å². The normalized spacial score (nSPS) is 25.0. The number of unbranched alkanes of at least 4 members (excludes halogenated alkanes) is 1. The van der Waals surface area contributed by atoms with Gasteiger partial charge in [-0.3, -0.25) is 14.3 Å². The smallest absolute Gasteiger partial charge is 0.330 e. The molecule has 0 aromatic carbocycles. The molecule has 1 aromatic rings. The molecule has 0 unspecified atom stereocenters. The van der Waals surface area contributed by atoms with Crippen molar-refractivity contribution in [1.82, 2.24) is 9.55 Å². The Balaban J connectivity index is 1.96. The lowest BCUT2D eigenvalue weighted by Crippen LogP contribution is -2.37. The molecule has 8 heteroatoms. The molecule has 0 amide bonds. The van der Waals surface area contributed by atoms with Gasteiger partial charge in [0.1, 0.15) is 12.3 Å². The monoisotopic (exact) mass is 342 g/mol. The Morgan fingerprint density at radius 3 is 2.87 bits per heavy atom. The molecule has 1 saturated heterocycles. The number of rotatable bonds is 7. The summed E-state index contributed by atoms with van der Waals surface area (Å²) in [7, 11) is -1.75. The maximum absolute atomic E-state index is 11.8. The Bertz CT molecular complexity index is 627. The van der Waals surface area contributed by atoms with Gasteiger partial charge in [0.05, 0.1) is 12.7 Å². The van der Waals surface area contributed by atoms with E-state index < -0.39 is 38.0 Å². The molecule has 2 N–H and O–H groups in total. The first-order chi connectivity index (χ1) is 10.8. The van der Waals surface area contributed by atoms with E-state index in [1.807, 2.05) is 0 Å². The van der Waals surface area contributed by atoms with Crippen LogP contribution in [0.1, 0.15) is 32.4 Å². The highest BCUT2D eigenvalue weighted by Crippen LogP contribution is 2.28. The van der Waals surface area contributed by atoms with Gasteiger partial charge in [-0.25, -0.2) is 4.79 Å². The highest BCUT2D eigenvalue weighted by atomic mass is 28.4. The number of hydrogen-bond acceptors (Lipinski definition) is 5. The average molecular weight is 342 g/mol. The SMILES string of the molecule is CCCC[Si](C)(C)OC[C@H]1O[C@@H](n2ccc(=O)[nH]c2=O)C[C@@H]1O. The van der Waals surface area contributed by atoms with Gasteiger partial charge in [0, 0.05) is 18.7 Å². The van der Waals surface area contributed by atoms with E-state index in [2.05, 4.69) is 25.0 Å². The maximum Gasteiger partial charge on any atom is 0.330 e. The van der Waals surface area contributed by atoms with Crippen LogP contribution in [0.2, 0.25) is 19.1 Å². The molecule has 0 radical (unpaired) electrons. The summed E-state index contributed by atoms with van der Waals surface area (Å²) in [4.78, 5) is 25.1. The molecule has 23 heavy (non-hydrogen) atoms. The third kappa shape index (κ3) is 4.87. The molecule has 1 aromatic heterocycles. The number of aliphatic hydroxyl groups excluding tert-OH is 1. The van der Waals surface area contributed by atoms with Crippen LogP contribution in [-0.2, 0) is 9.16 Å². The number of H-pyrrole nitrogens is 1. The second kappa shape index (κ2) is 7.56. The van der Waals surface area contributed by atoms with Gasteiger partial charge in [-0.2, -0.15) is 0 Å². The lowest BCUT2D eigenvalue weighted by molar-refractivity contribution is -0.0426. The zero-order chi connectivity index (χ0) is 17.0. The van der Waals surface area contributed by atoms with Crippen LogP contribution in [0.25, 0.3) is 0 Å². The second-order valence-electron chi connectivity index (χ2n) is 6.62. The van der Waals surface area contributed by atoms with Gasteiger partial charge in [-0.15, -0.1) is 0 Å². The van der Waals surface area contributed by atoms with Gasteiger partial charge in [-0.05, 0) is 19.1 Å². The van der Waals surface area contributed by atoms with Crippen LogP contribution in [0.3, 0.4) is 0 Å². The molecule has 7 nitrogen and oxygen atoms in total. The first kappa shape index (κ1) is 18.1. The van der Waals surface area contributed by atoms with Gasteiger partial charge in [0.15, 0.2) is 8.32 Å². The first-order valence-corrected chi connectivity index (χ1v) is 11.2. The number of aromatic amines is 1. The Morgan fingerprint density at radius 1 is 1.48 bits per heavy atom. The molecule has 0 spiro atoms. The van der Waals surface area contributed by atoms with Crippen molar-refractivity contribution in [2.45, 2.75) is 63.8 Å². The predicted molar refractivity (Wildman–Crippen MR) is 89.0 cm³/mol. The molecule has 2 rings (SSSR count). The van der Waals surface area contributed by atoms with Crippen molar-refractivity contribution in [3.8, 4) is 0 Å². The number of nitrogens with one attached hydrogen (secondary N) is 1. The summed E-state index contributed by atoms with van der Waals surface area (Å²) in [6.07, 6.45) is 2.26. The maximum atomic E-state index is 11.8. The summed E-state index contributed by atoms with van der Waals surface area (Å²) < 4.78 is 13.1. The largest absolute Gasteiger partial charge is 0.415 e. The van der Waals surface area contributed by atoms with Gasteiger partial charge in [-0.1, -0.05) is 19.8 Å². The Kier molecular flexibility index (Phi) is 5.96. The molecular weight excluding hydrogens is 316 g/mol. The zero-order valence-electron chi connectivity index (χ0n) is 13.9. The van der Waals surface area contributed by atoms with E-state index in [9.17, 15) is 14.7 Å². The van der Waals surface area contributed by atoms with Gasteiger partial charge in [0.25, 0.3) is 5.56 Å². The fourth-order valence-electron chi connectivity index (χ4n) is 2.67. The quantitative estimate of drug-likeness (QED) is 0.727. The number of aromatic nitrogens is 2. The lowest BCUT2D eigenvalue weighted by Gasteiger charge is -2.25. The van der Waals surface area contributed by atoms with Crippen LogP contribution < -0.4 is 11.2 Å². The third-order valence-electron chi connectivity index (χ3n) is 4.14. The van der Waals surface area contributed by atoms with E-state index in [0.29, 0.717) is 13.0 Å². The standard InChI is InChI=1S/C15H26N2O5Si/c1-4-5-8-23(2,3)21-10-12-11(18)9-14(22-12)17-7-6-13(19)16-15(17)20/h6-7,11-12,14,18H,4-5,8-10H2,1-3H3,(H,16,19,20)/t11-,12+,14+/m0/s1. The molecule has 0 aliphatic carbocycles. The van der Waals surface area contributed by atoms with Crippen LogP contribution in [-0.4, -0.2) is 41.8 Å². The highest BCUT2D eigenvalue weighted by Gasteiger charge is 2.36. The van der Waals surface area contributed by atoms with Crippen molar-refractivity contribution in [2.75, 3.05) is 6.61 Å². The lowest BCUT2D eigenvalue weighted by atomic mass is 10.2. The summed E-state index contributed by atoms with van der Waals surface area (Å²) in [5, 5.41) is 10.2. The van der Waals surface area contributed by atoms with Crippen molar-refractivity contribution < 1.29 is 14.3 Å². The summed E-state index contributed by atoms with van der Waals surface area (Å²) >= 11 is 0. The summed E-state index contributed by atoms with van der Waals surface area (Å²) in [5.74, 6) is 0. The van der Waals surface area contributed by atoms with Crippen molar-refractivity contribution in [3.05, 3.63) is 33.1 Å². The average Bonchev–Trinajstić information content (AvgIpc) is 2.84. The van der Waals surface area contributed by atoms with Crippen LogP contribution >= 0.6 is 0 Å². The first-order valence-electron chi connectivity index (χ1n) is 8.11. The summed E-state index contributed by atoms with van der Waals surface area (Å²) in [6, 6.07) is 2.34. The van der Waals surface area contributed by atoms with E-state index in [-0.39, 0.29) is 0 Å². The van der Waals surface area contributed by atoms with Gasteiger partial charge < -0.3 is 14.3 Å². The number of aliphatic hydroxyl groups is 1. The molecule has 3 atom stereocenters. The van der Waals surface area contributed by atoms with Gasteiger partial charge in [0.2, 0.25) is 0 Å². The fraction of sp³-hybridized carbons (Fsp3) is 0.733. The van der Waals surface area contributed by atoms with Crippen LogP contribution in [0, 0.1) is 0 Å². The molecule has 1 aliphatic heterocycles. The molecule has 0 saturated carbocycles. The van der Waals surface area contributed by atoms with E-state index >= 15 is 0 Å². The number of hydrogen-bond donors (Lipinski definition) is 2. The van der Waals surface area contributed by atoms with Crippen LogP contribution in [0.15, 0.2) is 21.9 Å². The van der Waals surface area contributed by atoms with Crippen molar-refractivity contribution in [3.63, 3.8) is 0 Å².